The van der Waals surface area contributed by atoms with Crippen molar-refractivity contribution in [2.45, 2.75) is 38.2 Å². The Morgan fingerprint density at radius 2 is 1.71 bits per heavy atom. The molecule has 0 aliphatic carbocycles. The first-order valence-electron chi connectivity index (χ1n) is 11.4. The van der Waals surface area contributed by atoms with Crippen molar-refractivity contribution in [3.63, 3.8) is 0 Å². The van der Waals surface area contributed by atoms with Crippen molar-refractivity contribution in [2.24, 2.45) is 5.73 Å². The quantitative estimate of drug-likeness (QED) is 0.293. The van der Waals surface area contributed by atoms with Gasteiger partial charge in [0.15, 0.2) is 30.2 Å². The number of para-hydroxylation sites is 1. The number of nitrogens with zero attached hydrogens (tertiary/aromatic N) is 6. The van der Waals surface area contributed by atoms with Gasteiger partial charge in [0, 0.05) is 10.6 Å². The highest BCUT2D eigenvalue weighted by atomic mass is 35.5. The van der Waals surface area contributed by atoms with Gasteiger partial charge in [0.25, 0.3) is 0 Å². The van der Waals surface area contributed by atoms with E-state index in [1.807, 2.05) is 0 Å². The number of carbonyl (C=O) groups excluding carboxylic acids is 1. The van der Waals surface area contributed by atoms with Gasteiger partial charge in [-0.25, -0.2) is 23.9 Å². The van der Waals surface area contributed by atoms with E-state index < -0.39 is 61.2 Å². The molecule has 1 unspecified atom stereocenters. The number of ether oxygens (including phenoxy) is 1. The number of rotatable bonds is 8. The summed E-state index contributed by atoms with van der Waals surface area (Å²) in [5.41, 5.74) is 2.43. The molecule has 1 amide bonds. The lowest BCUT2D eigenvalue weighted by molar-refractivity contribution is -0.207. The minimum atomic E-state index is -5.06. The average Bonchev–Trinajstić information content (AvgIpc) is 3.43. The summed E-state index contributed by atoms with van der Waals surface area (Å²) < 4.78 is 87.0. The predicted molar refractivity (Wildman–Crippen MR) is 129 cm³/mol. The van der Waals surface area contributed by atoms with Gasteiger partial charge in [0.1, 0.15) is 6.54 Å². The van der Waals surface area contributed by atoms with Gasteiger partial charge in [0.05, 0.1) is 17.8 Å². The summed E-state index contributed by atoms with van der Waals surface area (Å²) in [6.45, 7) is -2.54. The summed E-state index contributed by atoms with van der Waals surface area (Å²) in [7, 11) is 0. The highest BCUT2D eigenvalue weighted by Crippen LogP contribution is 2.34. The molecule has 0 saturated carbocycles. The number of alkyl halides is 6. The zero-order chi connectivity index (χ0) is 30.1. The third-order valence-electron chi connectivity index (χ3n) is 5.55. The molecule has 0 spiro atoms. The first-order valence-corrected chi connectivity index (χ1v) is 11.7. The zero-order valence-electron chi connectivity index (χ0n) is 20.4. The van der Waals surface area contributed by atoms with Crippen molar-refractivity contribution in [1.82, 2.24) is 29.1 Å². The zero-order valence-corrected chi connectivity index (χ0v) is 21.2. The van der Waals surface area contributed by atoms with Gasteiger partial charge >= 0.3 is 24.1 Å². The molecule has 2 heterocycles. The third kappa shape index (κ3) is 6.68. The lowest BCUT2D eigenvalue weighted by atomic mass is 10.1. The molecule has 11 nitrogen and oxygen atoms in total. The van der Waals surface area contributed by atoms with Crippen LogP contribution in [-0.4, -0.2) is 52.6 Å². The number of hydrogen-bond donors (Lipinski definition) is 2. The second-order valence-corrected chi connectivity index (χ2v) is 8.85. The van der Waals surface area contributed by atoms with Crippen LogP contribution in [0.1, 0.15) is 17.2 Å². The van der Waals surface area contributed by atoms with Crippen LogP contribution in [0.15, 0.2) is 53.3 Å². The van der Waals surface area contributed by atoms with Crippen LogP contribution in [0.5, 0.6) is 0 Å². The smallest absolute Gasteiger partial charge is 0.418 e. The molecule has 4 aromatic rings. The van der Waals surface area contributed by atoms with Gasteiger partial charge < -0.3 is 15.6 Å². The van der Waals surface area contributed by atoms with E-state index >= 15 is 0 Å². The van der Waals surface area contributed by atoms with Crippen molar-refractivity contribution in [3.8, 4) is 17.1 Å². The van der Waals surface area contributed by atoms with Crippen LogP contribution in [0, 0.1) is 0 Å². The SMILES string of the molecule is NC(=O)OCc1nc(Cn2nc(-c3ccc(Cl)cc3)n(CC(O)C(F)(F)F)c2=O)nn1-c1ccccc1C(F)(F)F. The number of halogens is 7. The Morgan fingerprint density at radius 1 is 1.05 bits per heavy atom. The van der Waals surface area contributed by atoms with E-state index in [-0.39, 0.29) is 28.1 Å². The van der Waals surface area contributed by atoms with E-state index in [0.29, 0.717) is 9.25 Å². The van der Waals surface area contributed by atoms with E-state index in [0.717, 1.165) is 22.9 Å². The van der Waals surface area contributed by atoms with Crippen molar-refractivity contribution >= 4 is 17.7 Å². The largest absolute Gasteiger partial charge is 0.441 e. The summed E-state index contributed by atoms with van der Waals surface area (Å²) in [5, 5.41) is 18.0. The van der Waals surface area contributed by atoms with Gasteiger partial charge in [-0.3, -0.25) is 4.57 Å². The van der Waals surface area contributed by atoms with Crippen LogP contribution in [0.2, 0.25) is 5.02 Å². The monoisotopic (exact) mass is 605 g/mol. The topological polar surface area (TPSA) is 143 Å². The molecule has 218 valence electrons. The summed E-state index contributed by atoms with van der Waals surface area (Å²) in [6, 6.07) is 9.86. The number of amides is 1. The highest BCUT2D eigenvalue weighted by Gasteiger charge is 2.39. The number of nitrogens with two attached hydrogens (primary N) is 1. The standard InChI is InChI=1S/C23H18ClF6N7O4/c24-13-7-5-12(6-8-13)19-34-36(21(40)35(19)9-16(38)23(28,29)30)10-17-32-18(11-41-20(31)39)37(33-17)15-4-2-1-3-14(15)22(25,26)27/h1-8,16,38H,9-11H2,(H2,31,39). The Bertz CT molecular complexity index is 1610. The lowest BCUT2D eigenvalue weighted by Crippen LogP contribution is -2.37. The van der Waals surface area contributed by atoms with Crippen LogP contribution in [0.4, 0.5) is 31.1 Å². The molecule has 41 heavy (non-hydrogen) atoms. The molecule has 2 aromatic carbocycles. The molecular formula is C23H18ClF6N7O4. The fraction of sp³-hybridized carbons (Fsp3) is 0.261. The highest BCUT2D eigenvalue weighted by molar-refractivity contribution is 6.30. The van der Waals surface area contributed by atoms with Gasteiger partial charge in [0.2, 0.25) is 0 Å². The molecule has 1 atom stereocenters. The number of primary amides is 1. The van der Waals surface area contributed by atoms with Gasteiger partial charge in [-0.2, -0.15) is 26.3 Å². The molecule has 18 heteroatoms. The van der Waals surface area contributed by atoms with Crippen molar-refractivity contribution < 1.29 is 41.0 Å². The fourth-order valence-corrected chi connectivity index (χ4v) is 3.84. The van der Waals surface area contributed by atoms with E-state index in [4.69, 9.17) is 17.3 Å². The Hall–Kier alpha value is -4.38. The number of aromatic nitrogens is 6. The molecule has 0 bridgehead atoms. The second kappa shape index (κ2) is 11.2. The molecule has 0 aliphatic rings. The molecule has 4 rings (SSSR count). The summed E-state index contributed by atoms with van der Waals surface area (Å²) in [6.07, 6.45) is -14.0. The van der Waals surface area contributed by atoms with Crippen molar-refractivity contribution in [2.75, 3.05) is 0 Å². The minimum absolute atomic E-state index is 0.174. The van der Waals surface area contributed by atoms with Crippen LogP contribution in [0.3, 0.4) is 0 Å². The Balaban J connectivity index is 1.80. The first kappa shape index (κ1) is 29.6. The normalized spacial score (nSPS) is 12.9. The fourth-order valence-electron chi connectivity index (χ4n) is 3.71. The summed E-state index contributed by atoms with van der Waals surface area (Å²) in [5.74, 6) is -0.890. The second-order valence-electron chi connectivity index (χ2n) is 8.42. The van der Waals surface area contributed by atoms with E-state index in [1.165, 1.54) is 30.3 Å². The number of hydrogen-bond acceptors (Lipinski definition) is 7. The molecular weight excluding hydrogens is 588 g/mol. The Labute approximate surface area is 230 Å². The maximum Gasteiger partial charge on any atom is 0.418 e. The minimum Gasteiger partial charge on any atom is -0.441 e. The Kier molecular flexibility index (Phi) is 8.12. The maximum absolute atomic E-state index is 13.7. The summed E-state index contributed by atoms with van der Waals surface area (Å²) >= 11 is 5.87. The molecule has 0 saturated heterocycles. The molecule has 2 aromatic heterocycles. The molecule has 0 radical (unpaired) electrons. The van der Waals surface area contributed by atoms with Crippen LogP contribution < -0.4 is 11.4 Å². The van der Waals surface area contributed by atoms with E-state index in [1.54, 1.807) is 0 Å². The molecule has 3 N–H and O–H groups in total. The number of aliphatic hydroxyl groups is 1. The predicted octanol–water partition coefficient (Wildman–Crippen LogP) is 3.53. The lowest BCUT2D eigenvalue weighted by Gasteiger charge is -2.15. The molecule has 0 aliphatic heterocycles. The van der Waals surface area contributed by atoms with Crippen molar-refractivity contribution in [3.05, 3.63) is 81.3 Å². The first-order chi connectivity index (χ1) is 19.1. The molecule has 0 fully saturated rings. The van der Waals surface area contributed by atoms with E-state index in [9.17, 15) is 41.0 Å². The van der Waals surface area contributed by atoms with E-state index in [2.05, 4.69) is 19.9 Å². The number of benzene rings is 2. The van der Waals surface area contributed by atoms with Gasteiger partial charge in [-0.15, -0.1) is 10.2 Å². The average molecular weight is 606 g/mol. The number of aliphatic hydroxyl groups excluding tert-OH is 1. The number of carbonyl (C=O) groups is 1. The van der Waals surface area contributed by atoms with Gasteiger partial charge in [-0.05, 0) is 36.4 Å². The summed E-state index contributed by atoms with van der Waals surface area (Å²) in [4.78, 5) is 28.3. The van der Waals surface area contributed by atoms with Gasteiger partial charge in [-0.1, -0.05) is 23.7 Å². The maximum atomic E-state index is 13.7. The Morgan fingerprint density at radius 3 is 2.32 bits per heavy atom. The van der Waals surface area contributed by atoms with Crippen LogP contribution in [0.25, 0.3) is 17.1 Å². The third-order valence-corrected chi connectivity index (χ3v) is 5.80. The van der Waals surface area contributed by atoms with Crippen LogP contribution >= 0.6 is 11.6 Å². The van der Waals surface area contributed by atoms with Crippen LogP contribution in [-0.2, 0) is 30.6 Å². The van der Waals surface area contributed by atoms with Crippen molar-refractivity contribution in [1.29, 1.82) is 0 Å².